The lowest BCUT2D eigenvalue weighted by molar-refractivity contribution is 0.0770. The van der Waals surface area contributed by atoms with E-state index in [1.807, 2.05) is 0 Å². The number of rotatable bonds is 4. The molecule has 7 nitrogen and oxygen atoms in total. The highest BCUT2D eigenvalue weighted by Gasteiger charge is 2.29. The second-order valence-electron chi connectivity index (χ2n) is 4.89. The molecular formula is C15H16N4O3. The molecule has 2 aromatic heterocycles. The Kier molecular flexibility index (Phi) is 4.13. The molecule has 1 aliphatic rings. The molecule has 1 amide bonds. The first-order valence-corrected chi connectivity index (χ1v) is 6.99. The van der Waals surface area contributed by atoms with Gasteiger partial charge in [0.2, 0.25) is 0 Å². The summed E-state index contributed by atoms with van der Waals surface area (Å²) in [5.41, 5.74) is 0.584. The fourth-order valence-electron chi connectivity index (χ4n) is 2.37. The van der Waals surface area contributed by atoms with Gasteiger partial charge in [-0.15, -0.1) is 0 Å². The molecule has 0 aliphatic carbocycles. The minimum absolute atomic E-state index is 0.0367. The summed E-state index contributed by atoms with van der Waals surface area (Å²) in [5.74, 6) is 0.663. The predicted octanol–water partition coefficient (Wildman–Crippen LogP) is 1.17. The molecule has 1 unspecified atom stereocenters. The van der Waals surface area contributed by atoms with E-state index in [1.165, 1.54) is 7.11 Å². The maximum Gasteiger partial charge on any atom is 0.278 e. The molecule has 3 rings (SSSR count). The molecule has 0 bridgehead atoms. The highest BCUT2D eigenvalue weighted by Crippen LogP contribution is 2.24. The molecule has 0 radical (unpaired) electrons. The van der Waals surface area contributed by atoms with Gasteiger partial charge in [-0.25, -0.2) is 9.97 Å². The number of carbonyl (C=O) groups is 1. The van der Waals surface area contributed by atoms with Crippen molar-refractivity contribution >= 4 is 5.91 Å². The van der Waals surface area contributed by atoms with Crippen LogP contribution in [0.2, 0.25) is 0 Å². The monoisotopic (exact) mass is 300 g/mol. The van der Waals surface area contributed by atoms with E-state index in [-0.39, 0.29) is 12.0 Å². The largest absolute Gasteiger partial charge is 0.477 e. The van der Waals surface area contributed by atoms with Gasteiger partial charge in [-0.2, -0.15) is 0 Å². The minimum atomic E-state index is -0.119. The summed E-state index contributed by atoms with van der Waals surface area (Å²) >= 11 is 0. The summed E-state index contributed by atoms with van der Waals surface area (Å²) in [5, 5.41) is 0. The van der Waals surface area contributed by atoms with Gasteiger partial charge in [0.05, 0.1) is 19.2 Å². The Hall–Kier alpha value is -2.70. The van der Waals surface area contributed by atoms with Crippen LogP contribution in [0.25, 0.3) is 0 Å². The quantitative estimate of drug-likeness (QED) is 0.843. The first-order valence-electron chi connectivity index (χ1n) is 6.99. The van der Waals surface area contributed by atoms with E-state index in [4.69, 9.17) is 9.47 Å². The van der Waals surface area contributed by atoms with Crippen LogP contribution in [0.3, 0.4) is 0 Å². The van der Waals surface area contributed by atoms with E-state index in [2.05, 4.69) is 15.0 Å². The molecule has 0 spiro atoms. The molecule has 1 aliphatic heterocycles. The lowest BCUT2D eigenvalue weighted by Gasteiger charge is -2.17. The molecule has 0 saturated carbocycles. The number of hydrogen-bond acceptors (Lipinski definition) is 6. The third-order valence-corrected chi connectivity index (χ3v) is 3.45. The zero-order valence-electron chi connectivity index (χ0n) is 12.2. The Morgan fingerprint density at radius 3 is 2.82 bits per heavy atom. The van der Waals surface area contributed by atoms with E-state index in [1.54, 1.807) is 41.8 Å². The fourth-order valence-corrected chi connectivity index (χ4v) is 2.37. The fraction of sp³-hybridized carbons (Fsp3) is 0.333. The van der Waals surface area contributed by atoms with Crippen LogP contribution in [0.1, 0.15) is 16.8 Å². The number of pyridine rings is 1. The lowest BCUT2D eigenvalue weighted by atomic mass is 10.2. The Balaban J connectivity index is 1.64. The van der Waals surface area contributed by atoms with Crippen LogP contribution in [-0.4, -0.2) is 52.1 Å². The van der Waals surface area contributed by atoms with Crippen molar-refractivity contribution in [2.24, 2.45) is 0 Å². The average Bonchev–Trinajstić information content (AvgIpc) is 3.04. The van der Waals surface area contributed by atoms with Gasteiger partial charge in [0, 0.05) is 37.8 Å². The number of nitrogens with zero attached hydrogens (tertiary/aromatic N) is 4. The zero-order chi connectivity index (χ0) is 15.4. The summed E-state index contributed by atoms with van der Waals surface area (Å²) in [4.78, 5) is 26.2. The number of aromatic nitrogens is 3. The van der Waals surface area contributed by atoms with Gasteiger partial charge in [0.15, 0.2) is 0 Å². The Morgan fingerprint density at radius 1 is 1.27 bits per heavy atom. The minimum Gasteiger partial charge on any atom is -0.477 e. The van der Waals surface area contributed by atoms with Crippen LogP contribution in [0.4, 0.5) is 0 Å². The first-order chi connectivity index (χ1) is 10.8. The van der Waals surface area contributed by atoms with Crippen molar-refractivity contribution < 1.29 is 14.3 Å². The van der Waals surface area contributed by atoms with Crippen molar-refractivity contribution in [1.82, 2.24) is 19.9 Å². The van der Waals surface area contributed by atoms with Gasteiger partial charge < -0.3 is 14.4 Å². The van der Waals surface area contributed by atoms with Crippen LogP contribution >= 0.6 is 0 Å². The van der Waals surface area contributed by atoms with Crippen LogP contribution in [0.15, 0.2) is 36.9 Å². The zero-order valence-corrected chi connectivity index (χ0v) is 12.2. The van der Waals surface area contributed by atoms with Gasteiger partial charge in [-0.05, 0) is 12.1 Å². The van der Waals surface area contributed by atoms with Crippen LogP contribution in [-0.2, 0) is 0 Å². The number of methoxy groups -OCH3 is 1. The molecule has 3 heterocycles. The molecule has 22 heavy (non-hydrogen) atoms. The first kappa shape index (κ1) is 14.2. The van der Waals surface area contributed by atoms with Gasteiger partial charge in [-0.1, -0.05) is 0 Å². The maximum atomic E-state index is 12.3. The highest BCUT2D eigenvalue weighted by molar-refractivity contribution is 5.94. The molecule has 0 aromatic carbocycles. The van der Waals surface area contributed by atoms with E-state index in [0.29, 0.717) is 30.4 Å². The second kappa shape index (κ2) is 6.38. The van der Waals surface area contributed by atoms with Gasteiger partial charge in [0.25, 0.3) is 17.7 Å². The number of carbonyl (C=O) groups excluding carboxylic acids is 1. The summed E-state index contributed by atoms with van der Waals surface area (Å²) in [6.07, 6.45) is 6.93. The van der Waals surface area contributed by atoms with Gasteiger partial charge in [-0.3, -0.25) is 9.78 Å². The summed E-state index contributed by atoms with van der Waals surface area (Å²) in [6, 6.07) is 3.51. The van der Waals surface area contributed by atoms with Gasteiger partial charge >= 0.3 is 0 Å². The molecule has 1 saturated heterocycles. The third kappa shape index (κ3) is 2.98. The summed E-state index contributed by atoms with van der Waals surface area (Å²) in [6.45, 7) is 1.15. The van der Waals surface area contributed by atoms with E-state index < -0.39 is 0 Å². The number of ether oxygens (including phenoxy) is 2. The summed E-state index contributed by atoms with van der Waals surface area (Å²) in [7, 11) is 1.52. The molecule has 1 atom stereocenters. The van der Waals surface area contributed by atoms with Crippen molar-refractivity contribution in [3.8, 4) is 11.8 Å². The third-order valence-electron chi connectivity index (χ3n) is 3.45. The molecule has 0 N–H and O–H groups in total. The number of hydrogen-bond donors (Lipinski definition) is 0. The van der Waals surface area contributed by atoms with Crippen molar-refractivity contribution in [3.05, 3.63) is 42.5 Å². The number of likely N-dealkylation sites (tertiary alicyclic amines) is 1. The molecular weight excluding hydrogens is 284 g/mol. The van der Waals surface area contributed by atoms with Crippen LogP contribution < -0.4 is 9.47 Å². The average molecular weight is 300 g/mol. The maximum absolute atomic E-state index is 12.3. The van der Waals surface area contributed by atoms with Crippen molar-refractivity contribution in [2.75, 3.05) is 20.2 Å². The molecule has 2 aromatic rings. The molecule has 114 valence electrons. The van der Waals surface area contributed by atoms with Crippen molar-refractivity contribution in [2.45, 2.75) is 12.5 Å². The Labute approximate surface area is 127 Å². The van der Waals surface area contributed by atoms with Crippen molar-refractivity contribution in [1.29, 1.82) is 0 Å². The van der Waals surface area contributed by atoms with Crippen LogP contribution in [0, 0.1) is 0 Å². The SMILES string of the molecule is COc1nccnc1OC1CCN(C(=O)c2cccnc2)C1. The second-order valence-corrected chi connectivity index (χ2v) is 4.89. The molecule has 1 fully saturated rings. The topological polar surface area (TPSA) is 77.4 Å². The lowest BCUT2D eigenvalue weighted by Crippen LogP contribution is -2.31. The normalized spacial score (nSPS) is 17.3. The van der Waals surface area contributed by atoms with Gasteiger partial charge in [0.1, 0.15) is 6.10 Å². The van der Waals surface area contributed by atoms with E-state index in [0.717, 1.165) is 6.42 Å². The predicted molar refractivity (Wildman–Crippen MR) is 77.8 cm³/mol. The standard InChI is InChI=1S/C15H16N4O3/c1-21-13-14(18-7-6-17-13)22-12-4-8-19(10-12)15(20)11-3-2-5-16-9-11/h2-3,5-7,9,12H,4,8,10H2,1H3. The van der Waals surface area contributed by atoms with Crippen LogP contribution in [0.5, 0.6) is 11.8 Å². The van der Waals surface area contributed by atoms with E-state index >= 15 is 0 Å². The molecule has 7 heteroatoms. The number of amides is 1. The smallest absolute Gasteiger partial charge is 0.278 e. The van der Waals surface area contributed by atoms with E-state index in [9.17, 15) is 4.79 Å². The Bertz CT molecular complexity index is 650. The summed E-state index contributed by atoms with van der Waals surface area (Å²) < 4.78 is 10.9. The highest BCUT2D eigenvalue weighted by atomic mass is 16.5. The Morgan fingerprint density at radius 2 is 2.09 bits per heavy atom. The van der Waals surface area contributed by atoms with Crippen molar-refractivity contribution in [3.63, 3.8) is 0 Å².